The van der Waals surface area contributed by atoms with Crippen molar-refractivity contribution in [1.29, 1.82) is 0 Å². The molecule has 4 N–H and O–H groups in total. The van der Waals surface area contributed by atoms with Crippen LogP contribution in [0, 0.1) is 17.8 Å². The summed E-state index contributed by atoms with van der Waals surface area (Å²) < 4.78 is 0. The molecule has 3 rings (SSSR count). The number of nitrogens with zero attached hydrogens (tertiary/aromatic N) is 2. The summed E-state index contributed by atoms with van der Waals surface area (Å²) >= 11 is 0. The van der Waals surface area contributed by atoms with E-state index in [1.54, 1.807) is 0 Å². The molecule has 2 fully saturated rings. The van der Waals surface area contributed by atoms with E-state index >= 15 is 0 Å². The zero-order valence-electron chi connectivity index (χ0n) is 11.7. The number of amides is 1. The minimum absolute atomic E-state index is 0.153. The van der Waals surface area contributed by atoms with Crippen molar-refractivity contribution in [2.75, 3.05) is 6.54 Å². The number of fused-ring (bicyclic) bond motifs is 2. The van der Waals surface area contributed by atoms with Crippen LogP contribution in [-0.4, -0.2) is 33.7 Å². The maximum Gasteiger partial charge on any atom is 0.223 e. The summed E-state index contributed by atoms with van der Waals surface area (Å²) in [5, 5.41) is 9.62. The quantitative estimate of drug-likeness (QED) is 0.751. The molecule has 0 radical (unpaired) electrons. The number of hydrogen-bond acceptors (Lipinski definition) is 4. The van der Waals surface area contributed by atoms with Crippen LogP contribution in [-0.2, 0) is 11.2 Å². The molecule has 2 aliphatic rings. The number of H-pyrrole nitrogens is 1. The normalized spacial score (nSPS) is 32.9. The largest absolute Gasteiger partial charge is 0.355 e. The Labute approximate surface area is 118 Å². The van der Waals surface area contributed by atoms with Crippen molar-refractivity contribution in [2.24, 2.45) is 23.5 Å². The molecule has 1 aromatic rings. The van der Waals surface area contributed by atoms with Crippen molar-refractivity contribution in [3.05, 3.63) is 12.2 Å². The zero-order valence-corrected chi connectivity index (χ0v) is 11.7. The van der Waals surface area contributed by atoms with Gasteiger partial charge in [0.05, 0.1) is 0 Å². The second-order valence-electron chi connectivity index (χ2n) is 6.17. The Morgan fingerprint density at radius 2 is 2.15 bits per heavy atom. The molecule has 0 saturated heterocycles. The van der Waals surface area contributed by atoms with Gasteiger partial charge in [-0.3, -0.25) is 9.89 Å². The lowest BCUT2D eigenvalue weighted by Crippen LogP contribution is -2.49. The maximum absolute atomic E-state index is 12.3. The Balaban J connectivity index is 1.48. The lowest BCUT2D eigenvalue weighted by Gasteiger charge is -2.43. The number of carbonyl (C=O) groups is 1. The van der Waals surface area contributed by atoms with E-state index < -0.39 is 0 Å². The molecule has 2 bridgehead atoms. The zero-order chi connectivity index (χ0) is 13.9. The van der Waals surface area contributed by atoms with Crippen molar-refractivity contribution >= 4 is 5.91 Å². The van der Waals surface area contributed by atoms with E-state index in [9.17, 15) is 4.79 Å². The predicted octanol–water partition coefficient (Wildman–Crippen LogP) is 0.617. The number of nitrogens with one attached hydrogen (secondary N) is 2. The Hall–Kier alpha value is -1.43. The van der Waals surface area contributed by atoms with Crippen molar-refractivity contribution < 1.29 is 4.79 Å². The van der Waals surface area contributed by atoms with Gasteiger partial charge >= 0.3 is 0 Å². The average Bonchev–Trinajstić information content (AvgIpc) is 2.91. The minimum Gasteiger partial charge on any atom is -0.355 e. The summed E-state index contributed by atoms with van der Waals surface area (Å²) in [6, 6.07) is 0.321. The number of rotatable bonds is 4. The highest BCUT2D eigenvalue weighted by Gasteiger charge is 2.40. The smallest absolute Gasteiger partial charge is 0.223 e. The fraction of sp³-hybridized carbons (Fsp3) is 0.786. The van der Waals surface area contributed by atoms with Crippen LogP contribution in [0.15, 0.2) is 6.33 Å². The Kier molecular flexibility index (Phi) is 4.00. The number of aromatic nitrogens is 3. The third kappa shape index (κ3) is 2.85. The highest BCUT2D eigenvalue weighted by molar-refractivity contribution is 5.78. The molecular weight excluding hydrogens is 254 g/mol. The molecule has 2 saturated carbocycles. The molecule has 6 nitrogen and oxygen atoms in total. The molecule has 1 heterocycles. The number of nitrogens with two attached hydrogens (primary N) is 1. The molecule has 0 spiro atoms. The van der Waals surface area contributed by atoms with Crippen LogP contribution in [0.5, 0.6) is 0 Å². The summed E-state index contributed by atoms with van der Waals surface area (Å²) in [5.41, 5.74) is 6.26. The van der Waals surface area contributed by atoms with E-state index in [-0.39, 0.29) is 11.8 Å². The van der Waals surface area contributed by atoms with Gasteiger partial charge in [-0.2, -0.15) is 5.10 Å². The highest BCUT2D eigenvalue weighted by Crippen LogP contribution is 2.41. The van der Waals surface area contributed by atoms with Crippen LogP contribution < -0.4 is 11.1 Å². The van der Waals surface area contributed by atoms with Crippen molar-refractivity contribution in [1.82, 2.24) is 20.5 Å². The third-order valence-electron chi connectivity index (χ3n) is 4.91. The summed E-state index contributed by atoms with van der Waals surface area (Å²) in [6.45, 7) is 0.617. The SMILES string of the molecule is NC1C2CCCC1CC(C(=O)NCCc1ncn[nH]1)C2. The van der Waals surface area contributed by atoms with Gasteiger partial charge in [0.25, 0.3) is 0 Å². The molecule has 2 unspecified atom stereocenters. The molecular formula is C14H23N5O. The Bertz CT molecular complexity index is 432. The number of carbonyl (C=O) groups excluding carboxylic acids is 1. The van der Waals surface area contributed by atoms with Crippen molar-refractivity contribution in [2.45, 2.75) is 44.6 Å². The first-order valence-corrected chi connectivity index (χ1v) is 7.61. The van der Waals surface area contributed by atoms with E-state index in [1.807, 2.05) is 0 Å². The van der Waals surface area contributed by atoms with Crippen LogP contribution in [0.2, 0.25) is 0 Å². The third-order valence-corrected chi connectivity index (χ3v) is 4.91. The van der Waals surface area contributed by atoms with Gasteiger partial charge in [-0.1, -0.05) is 6.42 Å². The van der Waals surface area contributed by atoms with Crippen LogP contribution in [0.4, 0.5) is 0 Å². The minimum atomic E-state index is 0.153. The van der Waals surface area contributed by atoms with Gasteiger partial charge in [-0.15, -0.1) is 0 Å². The van der Waals surface area contributed by atoms with Crippen LogP contribution >= 0.6 is 0 Å². The molecule has 0 aromatic carbocycles. The molecule has 2 atom stereocenters. The van der Waals surface area contributed by atoms with Gasteiger partial charge in [-0.25, -0.2) is 4.98 Å². The molecule has 2 aliphatic carbocycles. The van der Waals surface area contributed by atoms with Gasteiger partial charge in [-0.05, 0) is 37.5 Å². The first-order valence-electron chi connectivity index (χ1n) is 7.61. The summed E-state index contributed by atoms with van der Waals surface area (Å²) in [5.74, 6) is 2.25. The first-order chi connectivity index (χ1) is 9.74. The molecule has 0 aliphatic heterocycles. The van der Waals surface area contributed by atoms with Crippen molar-refractivity contribution in [3.63, 3.8) is 0 Å². The topological polar surface area (TPSA) is 96.7 Å². The monoisotopic (exact) mass is 277 g/mol. The predicted molar refractivity (Wildman–Crippen MR) is 74.6 cm³/mol. The van der Waals surface area contributed by atoms with E-state index in [0.29, 0.717) is 30.8 Å². The molecule has 20 heavy (non-hydrogen) atoms. The van der Waals surface area contributed by atoms with Gasteiger partial charge in [0, 0.05) is 24.9 Å². The second kappa shape index (κ2) is 5.91. The Morgan fingerprint density at radius 3 is 2.80 bits per heavy atom. The van der Waals surface area contributed by atoms with Gasteiger partial charge in [0.15, 0.2) is 0 Å². The number of hydrogen-bond donors (Lipinski definition) is 3. The standard InChI is InChI=1S/C14H23N5O/c15-13-9-2-1-3-10(13)7-11(6-9)14(20)16-5-4-12-17-8-18-19-12/h8-11,13H,1-7,15H2,(H,16,20)(H,17,18,19). The van der Waals surface area contributed by atoms with Gasteiger partial charge in [0.1, 0.15) is 12.2 Å². The van der Waals surface area contributed by atoms with Gasteiger partial charge in [0.2, 0.25) is 5.91 Å². The van der Waals surface area contributed by atoms with E-state index in [0.717, 1.165) is 18.7 Å². The second-order valence-corrected chi connectivity index (χ2v) is 6.17. The molecule has 110 valence electrons. The molecule has 1 aromatic heterocycles. The van der Waals surface area contributed by atoms with Crippen LogP contribution in [0.3, 0.4) is 0 Å². The van der Waals surface area contributed by atoms with Crippen molar-refractivity contribution in [3.8, 4) is 0 Å². The molecule has 6 heteroatoms. The van der Waals surface area contributed by atoms with Crippen LogP contribution in [0.25, 0.3) is 0 Å². The fourth-order valence-electron chi connectivity index (χ4n) is 3.80. The highest BCUT2D eigenvalue weighted by atomic mass is 16.1. The lowest BCUT2D eigenvalue weighted by molar-refractivity contribution is -0.127. The summed E-state index contributed by atoms with van der Waals surface area (Å²) in [7, 11) is 0. The Morgan fingerprint density at radius 1 is 1.40 bits per heavy atom. The van der Waals surface area contributed by atoms with E-state index in [2.05, 4.69) is 20.5 Å². The maximum atomic E-state index is 12.3. The number of aromatic amines is 1. The molecule has 1 amide bonds. The fourth-order valence-corrected chi connectivity index (χ4v) is 3.80. The van der Waals surface area contributed by atoms with Gasteiger partial charge < -0.3 is 11.1 Å². The lowest BCUT2D eigenvalue weighted by atomic mass is 9.65. The average molecular weight is 277 g/mol. The van der Waals surface area contributed by atoms with Crippen LogP contribution in [0.1, 0.15) is 37.9 Å². The summed E-state index contributed by atoms with van der Waals surface area (Å²) in [6.07, 6.45) is 7.78. The first kappa shape index (κ1) is 13.5. The van der Waals surface area contributed by atoms with E-state index in [4.69, 9.17) is 5.73 Å². The van der Waals surface area contributed by atoms with E-state index in [1.165, 1.54) is 25.6 Å². The summed E-state index contributed by atoms with van der Waals surface area (Å²) in [4.78, 5) is 16.3.